The van der Waals surface area contributed by atoms with Crippen LogP contribution in [-0.2, 0) is 12.8 Å². The first kappa shape index (κ1) is 26.7. The fourth-order valence-electron chi connectivity index (χ4n) is 4.39. The van der Waals surface area contributed by atoms with Gasteiger partial charge < -0.3 is 4.74 Å². The molecule has 0 aliphatic carbocycles. The minimum absolute atomic E-state index is 0.0293. The fourth-order valence-corrected chi connectivity index (χ4v) is 4.39. The number of carbonyl (C=O) groups is 1. The average molecular weight is 475 g/mol. The molecule has 3 aromatic rings. The Labute approximate surface area is 210 Å². The predicted molar refractivity (Wildman–Crippen MR) is 144 cm³/mol. The number of hydrogen-bond donors (Lipinski definition) is 0. The molecule has 0 radical (unpaired) electrons. The van der Waals surface area contributed by atoms with E-state index in [0.717, 1.165) is 48.8 Å². The van der Waals surface area contributed by atoms with Gasteiger partial charge in [0.2, 0.25) is 0 Å². The van der Waals surface area contributed by atoms with Gasteiger partial charge in [-0.05, 0) is 66.1 Å². The van der Waals surface area contributed by atoms with Gasteiger partial charge in [0.05, 0.1) is 5.56 Å². The number of unbranched alkanes of at least 4 members (excludes halogenated alkanes) is 7. The number of rotatable bonds is 14. The lowest BCUT2D eigenvalue weighted by Crippen LogP contribution is -2.11. The van der Waals surface area contributed by atoms with Crippen LogP contribution in [0.1, 0.15) is 93.1 Å². The van der Waals surface area contributed by atoms with E-state index in [1.165, 1.54) is 50.2 Å². The van der Waals surface area contributed by atoms with Gasteiger partial charge in [-0.25, -0.2) is 9.18 Å². The number of benzene rings is 3. The Kier molecular flexibility index (Phi) is 11.0. The normalized spacial score (nSPS) is 10.9. The van der Waals surface area contributed by atoms with Crippen molar-refractivity contribution in [1.29, 1.82) is 0 Å². The molecule has 0 aliphatic heterocycles. The largest absolute Gasteiger partial charge is 0.420 e. The first-order valence-corrected chi connectivity index (χ1v) is 13.3. The summed E-state index contributed by atoms with van der Waals surface area (Å²) in [5.74, 6) is -1.07. The molecule has 3 aromatic carbocycles. The molecule has 186 valence electrons. The Balaban J connectivity index is 1.64. The molecule has 3 rings (SSSR count). The van der Waals surface area contributed by atoms with Crippen LogP contribution in [-0.4, -0.2) is 5.97 Å². The molecule has 0 saturated carbocycles. The summed E-state index contributed by atoms with van der Waals surface area (Å²) in [7, 11) is 0. The second-order valence-electron chi connectivity index (χ2n) is 9.37. The van der Waals surface area contributed by atoms with Crippen molar-refractivity contribution in [2.75, 3.05) is 0 Å². The minimum atomic E-state index is -0.547. The molecule has 3 heteroatoms. The second kappa shape index (κ2) is 14.5. The highest BCUT2D eigenvalue weighted by atomic mass is 19.1. The SMILES string of the molecule is CCCCCCCCc1ccc(-c2ccccc2C(=O)Oc2ccc(CCCCC)cc2F)cc1. The van der Waals surface area contributed by atoms with Crippen molar-refractivity contribution >= 4 is 5.97 Å². The Morgan fingerprint density at radius 3 is 2.06 bits per heavy atom. The molecule has 0 heterocycles. The van der Waals surface area contributed by atoms with Gasteiger partial charge >= 0.3 is 5.97 Å². The van der Waals surface area contributed by atoms with Gasteiger partial charge in [0.15, 0.2) is 11.6 Å². The van der Waals surface area contributed by atoms with Gasteiger partial charge in [0.1, 0.15) is 0 Å². The van der Waals surface area contributed by atoms with Crippen molar-refractivity contribution in [2.45, 2.75) is 84.5 Å². The molecular weight excluding hydrogens is 435 g/mol. The number of halogens is 1. The Morgan fingerprint density at radius 1 is 0.714 bits per heavy atom. The number of hydrogen-bond acceptors (Lipinski definition) is 2. The zero-order valence-corrected chi connectivity index (χ0v) is 21.3. The van der Waals surface area contributed by atoms with Crippen LogP contribution in [0.5, 0.6) is 5.75 Å². The number of esters is 1. The van der Waals surface area contributed by atoms with Gasteiger partial charge in [-0.1, -0.05) is 107 Å². The third-order valence-corrected chi connectivity index (χ3v) is 6.50. The van der Waals surface area contributed by atoms with E-state index in [2.05, 4.69) is 38.1 Å². The van der Waals surface area contributed by atoms with Crippen molar-refractivity contribution in [1.82, 2.24) is 0 Å². The maximum absolute atomic E-state index is 14.6. The van der Waals surface area contributed by atoms with Gasteiger partial charge in [0.25, 0.3) is 0 Å². The second-order valence-corrected chi connectivity index (χ2v) is 9.37. The zero-order valence-electron chi connectivity index (χ0n) is 21.3. The van der Waals surface area contributed by atoms with E-state index >= 15 is 0 Å². The first-order chi connectivity index (χ1) is 17.1. The van der Waals surface area contributed by atoms with E-state index in [-0.39, 0.29) is 5.75 Å². The summed E-state index contributed by atoms with van der Waals surface area (Å²) < 4.78 is 20.1. The fraction of sp³-hybridized carbons (Fsp3) is 0.406. The monoisotopic (exact) mass is 474 g/mol. The smallest absolute Gasteiger partial charge is 0.344 e. The van der Waals surface area contributed by atoms with Crippen molar-refractivity contribution in [3.8, 4) is 16.9 Å². The topological polar surface area (TPSA) is 26.3 Å². The Bertz CT molecular complexity index is 1060. The highest BCUT2D eigenvalue weighted by Crippen LogP contribution is 2.27. The quantitative estimate of drug-likeness (QED) is 0.132. The van der Waals surface area contributed by atoms with Gasteiger partial charge in [0, 0.05) is 0 Å². The maximum atomic E-state index is 14.6. The Morgan fingerprint density at radius 2 is 1.31 bits per heavy atom. The van der Waals surface area contributed by atoms with E-state index in [4.69, 9.17) is 4.74 Å². The van der Waals surface area contributed by atoms with Crippen molar-refractivity contribution in [2.24, 2.45) is 0 Å². The Hall–Kier alpha value is -2.94. The standard InChI is InChI=1S/C32H39FO2/c1-3-5-7-8-9-11-14-25-18-21-27(22-19-25)28-16-12-13-17-29(28)32(34)35-31-23-20-26(24-30(31)33)15-10-6-4-2/h12-13,16-24H,3-11,14-15H2,1-2H3. The summed E-state index contributed by atoms with van der Waals surface area (Å²) in [6.07, 6.45) is 12.9. The zero-order chi connectivity index (χ0) is 24.9. The summed E-state index contributed by atoms with van der Waals surface area (Å²) in [5, 5.41) is 0. The van der Waals surface area contributed by atoms with Crippen LogP contribution in [0.25, 0.3) is 11.1 Å². The molecular formula is C32H39FO2. The lowest BCUT2D eigenvalue weighted by Gasteiger charge is -2.11. The van der Waals surface area contributed by atoms with Crippen molar-refractivity contribution in [3.05, 3.63) is 89.2 Å². The molecule has 0 amide bonds. The van der Waals surface area contributed by atoms with E-state index in [0.29, 0.717) is 5.56 Å². The summed E-state index contributed by atoms with van der Waals surface area (Å²) >= 11 is 0. The first-order valence-electron chi connectivity index (χ1n) is 13.3. The van der Waals surface area contributed by atoms with Gasteiger partial charge in [-0.3, -0.25) is 0 Å². The maximum Gasteiger partial charge on any atom is 0.344 e. The van der Waals surface area contributed by atoms with Gasteiger partial charge in [-0.15, -0.1) is 0 Å². The van der Waals surface area contributed by atoms with Crippen LogP contribution in [0.3, 0.4) is 0 Å². The third-order valence-electron chi connectivity index (χ3n) is 6.50. The molecule has 0 N–H and O–H groups in total. The number of aryl methyl sites for hydroxylation is 2. The lowest BCUT2D eigenvalue weighted by molar-refractivity contribution is 0.0728. The molecule has 0 fully saturated rings. The van der Waals surface area contributed by atoms with Crippen LogP contribution in [0.2, 0.25) is 0 Å². The highest BCUT2D eigenvalue weighted by Gasteiger charge is 2.17. The van der Waals surface area contributed by atoms with E-state index < -0.39 is 11.8 Å². The summed E-state index contributed by atoms with van der Waals surface area (Å²) in [6, 6.07) is 20.6. The molecule has 0 aliphatic rings. The molecule has 2 nitrogen and oxygen atoms in total. The molecule has 35 heavy (non-hydrogen) atoms. The highest BCUT2D eigenvalue weighted by molar-refractivity contribution is 5.98. The predicted octanol–water partition coefficient (Wildman–Crippen LogP) is 9.35. The van der Waals surface area contributed by atoms with Crippen LogP contribution < -0.4 is 4.74 Å². The van der Waals surface area contributed by atoms with Crippen molar-refractivity contribution < 1.29 is 13.9 Å². The molecule has 0 saturated heterocycles. The summed E-state index contributed by atoms with van der Waals surface area (Å²) in [4.78, 5) is 13.0. The number of ether oxygens (including phenoxy) is 1. The molecule has 0 unspecified atom stereocenters. The van der Waals surface area contributed by atoms with Crippen LogP contribution in [0, 0.1) is 5.82 Å². The summed E-state index contributed by atoms with van der Waals surface area (Å²) in [5.41, 5.74) is 4.42. The third kappa shape index (κ3) is 8.35. The minimum Gasteiger partial charge on any atom is -0.420 e. The van der Waals surface area contributed by atoms with E-state index in [1.807, 2.05) is 18.2 Å². The molecule has 0 bridgehead atoms. The van der Waals surface area contributed by atoms with Crippen LogP contribution in [0.4, 0.5) is 4.39 Å². The lowest BCUT2D eigenvalue weighted by atomic mass is 9.97. The van der Waals surface area contributed by atoms with E-state index in [9.17, 15) is 9.18 Å². The van der Waals surface area contributed by atoms with Crippen LogP contribution >= 0.6 is 0 Å². The number of carbonyl (C=O) groups excluding carboxylic acids is 1. The molecule has 0 aromatic heterocycles. The summed E-state index contributed by atoms with van der Waals surface area (Å²) in [6.45, 7) is 4.38. The molecule has 0 atom stereocenters. The van der Waals surface area contributed by atoms with Crippen LogP contribution in [0.15, 0.2) is 66.7 Å². The van der Waals surface area contributed by atoms with E-state index in [1.54, 1.807) is 18.2 Å². The van der Waals surface area contributed by atoms with Gasteiger partial charge in [-0.2, -0.15) is 0 Å². The molecule has 0 spiro atoms. The van der Waals surface area contributed by atoms with Crippen molar-refractivity contribution in [3.63, 3.8) is 0 Å². The average Bonchev–Trinajstić information content (AvgIpc) is 2.88.